The van der Waals surface area contributed by atoms with Crippen molar-refractivity contribution >= 4 is 47.4 Å². The van der Waals surface area contributed by atoms with Crippen molar-refractivity contribution in [1.82, 2.24) is 30.7 Å². The van der Waals surface area contributed by atoms with Crippen molar-refractivity contribution in [2.75, 3.05) is 19.6 Å². The Morgan fingerprint density at radius 3 is 2.52 bits per heavy atom. The minimum Gasteiger partial charge on any atom is -0.444 e. The molecule has 2 rings (SSSR count). The van der Waals surface area contributed by atoms with Crippen molar-refractivity contribution in [1.29, 1.82) is 0 Å². The molecule has 1 amide bonds. The zero-order valence-corrected chi connectivity index (χ0v) is 22.0. The van der Waals surface area contributed by atoms with E-state index in [9.17, 15) is 4.79 Å². The highest BCUT2D eigenvalue weighted by molar-refractivity contribution is 14.0. The van der Waals surface area contributed by atoms with Gasteiger partial charge in [-0.2, -0.15) is 0 Å². The molecule has 0 radical (unpaired) electrons. The van der Waals surface area contributed by atoms with E-state index in [0.29, 0.717) is 25.6 Å². The minimum absolute atomic E-state index is 0. The Bertz CT molecular complexity index is 816. The molecule has 11 heteroatoms. The van der Waals surface area contributed by atoms with Crippen LogP contribution in [0.15, 0.2) is 22.5 Å². The molecule has 0 unspecified atom stereocenters. The fraction of sp³-hybridized carbons (Fsp3) is 0.600. The third-order valence-corrected chi connectivity index (χ3v) is 5.06. The predicted molar refractivity (Wildman–Crippen MR) is 135 cm³/mol. The first kappa shape index (κ1) is 27.1. The minimum atomic E-state index is -0.493. The van der Waals surface area contributed by atoms with Gasteiger partial charge in [0.25, 0.3) is 0 Å². The van der Waals surface area contributed by atoms with Gasteiger partial charge in [-0.1, -0.05) is 6.07 Å². The lowest BCUT2D eigenvalue weighted by molar-refractivity contribution is 0.0527. The maximum absolute atomic E-state index is 11.7. The molecule has 0 spiro atoms. The number of ether oxygens (including phenoxy) is 1. The second kappa shape index (κ2) is 13.5. The quantitative estimate of drug-likeness (QED) is 0.188. The first-order valence-corrected chi connectivity index (χ1v) is 11.0. The molecule has 2 aromatic heterocycles. The summed E-state index contributed by atoms with van der Waals surface area (Å²) in [7, 11) is 1.93. The molecule has 3 N–H and O–H groups in total. The van der Waals surface area contributed by atoms with Gasteiger partial charge in [-0.15, -0.1) is 45.5 Å². The van der Waals surface area contributed by atoms with Crippen LogP contribution >= 0.6 is 35.3 Å². The number of hydrogen-bond acceptors (Lipinski definition) is 6. The molecule has 0 fully saturated rings. The van der Waals surface area contributed by atoms with E-state index < -0.39 is 11.7 Å². The molecule has 0 saturated heterocycles. The standard InChI is InChI=1S/C20H33N7O2S.HI/c1-15-25-26-17(27(15)5)14-24-18(22-12-9-16-8-6-13-30-16)21-10-7-11-23-19(28)29-20(2,3)4;/h6,8,13H,7,9-12,14H2,1-5H3,(H,23,28)(H2,21,22,24);1H. The number of aryl methyl sites for hydroxylation is 1. The zero-order valence-electron chi connectivity index (χ0n) is 18.9. The first-order chi connectivity index (χ1) is 14.2. The molecule has 9 nitrogen and oxygen atoms in total. The highest BCUT2D eigenvalue weighted by atomic mass is 127. The SMILES string of the molecule is Cc1nnc(CN=C(NCCCNC(=O)OC(C)(C)C)NCCc2cccs2)n1C.I. The van der Waals surface area contributed by atoms with Gasteiger partial charge in [0.2, 0.25) is 0 Å². The van der Waals surface area contributed by atoms with Gasteiger partial charge in [0.1, 0.15) is 18.0 Å². The number of aromatic nitrogens is 3. The van der Waals surface area contributed by atoms with Gasteiger partial charge in [-0.3, -0.25) is 0 Å². The van der Waals surface area contributed by atoms with E-state index in [2.05, 4.69) is 48.7 Å². The summed E-state index contributed by atoms with van der Waals surface area (Å²) >= 11 is 1.75. The summed E-state index contributed by atoms with van der Waals surface area (Å²) in [5, 5.41) is 19.7. The maximum Gasteiger partial charge on any atom is 0.407 e. The number of nitrogens with zero attached hydrogens (tertiary/aromatic N) is 4. The number of alkyl carbamates (subject to hydrolysis) is 1. The Morgan fingerprint density at radius 1 is 1.19 bits per heavy atom. The predicted octanol–water partition coefficient (Wildman–Crippen LogP) is 3.00. The Labute approximate surface area is 205 Å². The average Bonchev–Trinajstić information content (AvgIpc) is 3.28. The van der Waals surface area contributed by atoms with Crippen LogP contribution in [-0.2, 0) is 24.8 Å². The Kier molecular flexibility index (Phi) is 11.8. The molecular formula is C20H34IN7O2S. The smallest absolute Gasteiger partial charge is 0.407 e. The molecule has 0 bridgehead atoms. The molecule has 174 valence electrons. The number of halogens is 1. The zero-order chi connectivity index (χ0) is 22.0. The van der Waals surface area contributed by atoms with E-state index >= 15 is 0 Å². The Morgan fingerprint density at radius 2 is 1.90 bits per heavy atom. The van der Waals surface area contributed by atoms with E-state index in [1.165, 1.54) is 4.88 Å². The van der Waals surface area contributed by atoms with Crippen LogP contribution in [0.1, 0.15) is 43.7 Å². The molecule has 31 heavy (non-hydrogen) atoms. The van der Waals surface area contributed by atoms with E-state index in [0.717, 1.165) is 31.0 Å². The van der Waals surface area contributed by atoms with Crippen molar-refractivity contribution in [2.24, 2.45) is 12.0 Å². The molecular weight excluding hydrogens is 529 g/mol. The topological polar surface area (TPSA) is 105 Å². The van der Waals surface area contributed by atoms with Crippen LogP contribution in [0.2, 0.25) is 0 Å². The van der Waals surface area contributed by atoms with Crippen LogP contribution in [0.25, 0.3) is 0 Å². The fourth-order valence-electron chi connectivity index (χ4n) is 2.47. The van der Waals surface area contributed by atoms with Crippen LogP contribution in [0, 0.1) is 6.92 Å². The van der Waals surface area contributed by atoms with Crippen molar-refractivity contribution in [3.8, 4) is 0 Å². The van der Waals surface area contributed by atoms with Crippen LogP contribution in [0.3, 0.4) is 0 Å². The number of amides is 1. The number of thiophene rings is 1. The third-order valence-electron chi connectivity index (χ3n) is 4.12. The van der Waals surface area contributed by atoms with E-state index in [4.69, 9.17) is 4.74 Å². The monoisotopic (exact) mass is 563 g/mol. The Balaban J connectivity index is 0.00000480. The molecule has 0 saturated carbocycles. The molecule has 0 aliphatic carbocycles. The van der Waals surface area contributed by atoms with Crippen LogP contribution in [0.4, 0.5) is 4.79 Å². The van der Waals surface area contributed by atoms with Crippen LogP contribution in [-0.4, -0.2) is 52.1 Å². The van der Waals surface area contributed by atoms with E-state index in [-0.39, 0.29) is 24.0 Å². The molecule has 2 aromatic rings. The highest BCUT2D eigenvalue weighted by Gasteiger charge is 2.15. The maximum atomic E-state index is 11.7. The lowest BCUT2D eigenvalue weighted by atomic mass is 10.2. The summed E-state index contributed by atoms with van der Waals surface area (Å²) in [6.07, 6.45) is 1.28. The summed E-state index contributed by atoms with van der Waals surface area (Å²) in [6, 6.07) is 4.18. The van der Waals surface area contributed by atoms with Gasteiger partial charge in [-0.05, 0) is 52.0 Å². The van der Waals surface area contributed by atoms with Gasteiger partial charge < -0.3 is 25.3 Å². The number of guanidine groups is 1. The van der Waals surface area contributed by atoms with E-state index in [1.54, 1.807) is 11.3 Å². The number of hydrogen-bond donors (Lipinski definition) is 3. The van der Waals surface area contributed by atoms with Crippen molar-refractivity contribution in [3.63, 3.8) is 0 Å². The van der Waals surface area contributed by atoms with Crippen molar-refractivity contribution < 1.29 is 9.53 Å². The second-order valence-corrected chi connectivity index (χ2v) is 8.88. The highest BCUT2D eigenvalue weighted by Crippen LogP contribution is 2.08. The lowest BCUT2D eigenvalue weighted by Crippen LogP contribution is -2.40. The first-order valence-electron chi connectivity index (χ1n) is 10.1. The second-order valence-electron chi connectivity index (χ2n) is 7.85. The van der Waals surface area contributed by atoms with Gasteiger partial charge in [-0.25, -0.2) is 9.79 Å². The van der Waals surface area contributed by atoms with Crippen molar-refractivity contribution in [3.05, 3.63) is 34.0 Å². The average molecular weight is 564 g/mol. The van der Waals surface area contributed by atoms with Gasteiger partial charge in [0.15, 0.2) is 11.8 Å². The van der Waals surface area contributed by atoms with Gasteiger partial charge >= 0.3 is 6.09 Å². The number of aliphatic imine (C=N–C) groups is 1. The number of rotatable bonds is 9. The van der Waals surface area contributed by atoms with E-state index in [1.807, 2.05) is 39.3 Å². The number of nitrogens with one attached hydrogen (secondary N) is 3. The lowest BCUT2D eigenvalue weighted by Gasteiger charge is -2.19. The Hall–Kier alpha value is -1.89. The summed E-state index contributed by atoms with van der Waals surface area (Å²) in [4.78, 5) is 17.7. The summed E-state index contributed by atoms with van der Waals surface area (Å²) in [6.45, 7) is 9.84. The number of carbonyl (C=O) groups is 1. The largest absolute Gasteiger partial charge is 0.444 e. The molecule has 0 aromatic carbocycles. The van der Waals surface area contributed by atoms with Crippen molar-refractivity contribution in [2.45, 2.75) is 52.7 Å². The van der Waals surface area contributed by atoms with Crippen LogP contribution in [0.5, 0.6) is 0 Å². The fourth-order valence-corrected chi connectivity index (χ4v) is 3.18. The van der Waals surface area contributed by atoms with Gasteiger partial charge in [0, 0.05) is 31.6 Å². The molecule has 2 heterocycles. The molecule has 0 aliphatic heterocycles. The molecule has 0 atom stereocenters. The van der Waals surface area contributed by atoms with Gasteiger partial charge in [0.05, 0.1) is 0 Å². The summed E-state index contributed by atoms with van der Waals surface area (Å²) < 4.78 is 7.16. The summed E-state index contributed by atoms with van der Waals surface area (Å²) in [5.41, 5.74) is -0.493. The summed E-state index contributed by atoms with van der Waals surface area (Å²) in [5.74, 6) is 2.37. The number of carbonyl (C=O) groups excluding carboxylic acids is 1. The normalized spacial score (nSPS) is 11.6. The third kappa shape index (κ3) is 10.8. The van der Waals surface area contributed by atoms with Crippen LogP contribution < -0.4 is 16.0 Å². The molecule has 0 aliphatic rings.